The second-order valence-corrected chi connectivity index (χ2v) is 4.85. The fraction of sp³-hybridized carbons (Fsp3) is 0.545. The van der Waals surface area contributed by atoms with E-state index < -0.39 is 0 Å². The smallest absolute Gasteiger partial charge is 0.278 e. The van der Waals surface area contributed by atoms with Gasteiger partial charge in [0.2, 0.25) is 5.95 Å². The van der Waals surface area contributed by atoms with Crippen LogP contribution in [0.25, 0.3) is 11.2 Å². The van der Waals surface area contributed by atoms with Gasteiger partial charge < -0.3 is 16.0 Å². The third-order valence-electron chi connectivity index (χ3n) is 3.41. The van der Waals surface area contributed by atoms with Crippen LogP contribution < -0.4 is 16.6 Å². The molecule has 5 N–H and O–H groups in total. The molecule has 3 rings (SSSR count). The molecule has 0 amide bonds. The zero-order valence-corrected chi connectivity index (χ0v) is 10.2. The Bertz CT molecular complexity index is 630. The van der Waals surface area contributed by atoms with E-state index in [4.69, 9.17) is 5.73 Å². The number of hydrogen-bond donors (Lipinski definition) is 4. The van der Waals surface area contributed by atoms with E-state index in [9.17, 15) is 4.79 Å². The zero-order chi connectivity index (χ0) is 12.7. The lowest BCUT2D eigenvalue weighted by Crippen LogP contribution is -2.35. The molecular weight excluding hydrogens is 232 g/mol. The van der Waals surface area contributed by atoms with Crippen molar-refractivity contribution in [3.05, 3.63) is 16.2 Å². The summed E-state index contributed by atoms with van der Waals surface area (Å²) in [6.07, 6.45) is 2.02. The molecule has 1 aliphatic heterocycles. The van der Waals surface area contributed by atoms with Gasteiger partial charge in [-0.25, -0.2) is 4.98 Å². The SMILES string of the molecule is CC1CC(c2nc3nc(N)[nH]c(=O)c3[nH]2)CCN1. The second-order valence-electron chi connectivity index (χ2n) is 4.85. The number of piperidine rings is 1. The Hall–Kier alpha value is -1.89. The van der Waals surface area contributed by atoms with Crippen LogP contribution in [0.1, 0.15) is 31.5 Å². The molecule has 0 aromatic carbocycles. The van der Waals surface area contributed by atoms with Gasteiger partial charge >= 0.3 is 0 Å². The average molecular weight is 248 g/mol. The van der Waals surface area contributed by atoms with Crippen molar-refractivity contribution in [2.24, 2.45) is 0 Å². The van der Waals surface area contributed by atoms with Crippen molar-refractivity contribution >= 4 is 17.1 Å². The molecule has 2 unspecified atom stereocenters. The molecule has 1 saturated heterocycles. The number of aromatic amines is 2. The van der Waals surface area contributed by atoms with Crippen molar-refractivity contribution in [3.63, 3.8) is 0 Å². The number of imidazole rings is 1. The molecule has 18 heavy (non-hydrogen) atoms. The first-order valence-electron chi connectivity index (χ1n) is 6.12. The first-order chi connectivity index (χ1) is 8.63. The normalized spacial score (nSPS) is 24.5. The fourth-order valence-electron chi connectivity index (χ4n) is 2.52. The highest BCUT2D eigenvalue weighted by Crippen LogP contribution is 2.26. The van der Waals surface area contributed by atoms with E-state index in [1.165, 1.54) is 0 Å². The van der Waals surface area contributed by atoms with Crippen LogP contribution in [0.4, 0.5) is 5.95 Å². The number of nitrogens with two attached hydrogens (primary N) is 1. The predicted octanol–water partition coefficient (Wildman–Crippen LogP) is 0.0839. The Morgan fingerprint density at radius 3 is 2.94 bits per heavy atom. The fourth-order valence-corrected chi connectivity index (χ4v) is 2.52. The minimum atomic E-state index is -0.266. The number of hydrogen-bond acceptors (Lipinski definition) is 5. The number of nitrogen functional groups attached to an aromatic ring is 1. The predicted molar refractivity (Wildman–Crippen MR) is 68.4 cm³/mol. The van der Waals surface area contributed by atoms with E-state index in [0.717, 1.165) is 25.2 Å². The number of fused-ring (bicyclic) bond motifs is 1. The summed E-state index contributed by atoms with van der Waals surface area (Å²) in [5.41, 5.74) is 6.05. The number of nitrogens with one attached hydrogen (secondary N) is 3. The molecule has 1 aliphatic rings. The van der Waals surface area contributed by atoms with Crippen molar-refractivity contribution in [1.82, 2.24) is 25.3 Å². The Morgan fingerprint density at radius 1 is 1.33 bits per heavy atom. The summed E-state index contributed by atoms with van der Waals surface area (Å²) in [5, 5.41) is 3.39. The molecule has 2 aromatic heterocycles. The van der Waals surface area contributed by atoms with Crippen molar-refractivity contribution in [3.8, 4) is 0 Å². The van der Waals surface area contributed by atoms with Gasteiger partial charge in [-0.3, -0.25) is 9.78 Å². The highest BCUT2D eigenvalue weighted by molar-refractivity contribution is 5.70. The molecule has 1 fully saturated rings. The largest absolute Gasteiger partial charge is 0.369 e. The van der Waals surface area contributed by atoms with Crippen LogP contribution >= 0.6 is 0 Å². The zero-order valence-electron chi connectivity index (χ0n) is 10.2. The van der Waals surface area contributed by atoms with Crippen LogP contribution in [0.5, 0.6) is 0 Å². The summed E-state index contributed by atoms with van der Waals surface area (Å²) in [6, 6.07) is 0.466. The lowest BCUT2D eigenvalue weighted by molar-refractivity contribution is 0.373. The van der Waals surface area contributed by atoms with Crippen LogP contribution in [0.15, 0.2) is 4.79 Å². The third kappa shape index (κ3) is 1.86. The summed E-state index contributed by atoms with van der Waals surface area (Å²) in [6.45, 7) is 3.12. The molecule has 2 aromatic rings. The molecule has 3 heterocycles. The lowest BCUT2D eigenvalue weighted by atomic mass is 9.93. The molecule has 7 nitrogen and oxygen atoms in total. The van der Waals surface area contributed by atoms with E-state index >= 15 is 0 Å². The van der Waals surface area contributed by atoms with Crippen LogP contribution in [0.2, 0.25) is 0 Å². The molecule has 0 spiro atoms. The Morgan fingerprint density at radius 2 is 2.17 bits per heavy atom. The summed E-state index contributed by atoms with van der Waals surface area (Å²) in [4.78, 5) is 25.7. The van der Waals surface area contributed by atoms with Gasteiger partial charge in [-0.15, -0.1) is 0 Å². The first kappa shape index (κ1) is 11.2. The van der Waals surface area contributed by atoms with Crippen molar-refractivity contribution in [2.45, 2.75) is 31.7 Å². The van der Waals surface area contributed by atoms with Gasteiger partial charge in [0.1, 0.15) is 5.82 Å². The van der Waals surface area contributed by atoms with Gasteiger partial charge in [-0.05, 0) is 26.3 Å². The van der Waals surface area contributed by atoms with E-state index in [1.54, 1.807) is 0 Å². The maximum Gasteiger partial charge on any atom is 0.278 e. The summed E-state index contributed by atoms with van der Waals surface area (Å²) in [7, 11) is 0. The van der Waals surface area contributed by atoms with Crippen LogP contribution in [0, 0.1) is 0 Å². The first-order valence-corrected chi connectivity index (χ1v) is 6.12. The standard InChI is InChI=1S/C11H16N6O/c1-5-4-6(2-3-13-5)8-14-7-9(15-8)16-11(12)17-10(7)18/h5-6,13H,2-4H2,1H3,(H4,12,14,15,16,17,18). The molecule has 0 radical (unpaired) electrons. The van der Waals surface area contributed by atoms with Crippen molar-refractivity contribution in [1.29, 1.82) is 0 Å². The molecule has 0 aliphatic carbocycles. The minimum absolute atomic E-state index is 0.101. The van der Waals surface area contributed by atoms with Crippen LogP contribution in [-0.4, -0.2) is 32.5 Å². The Kier molecular flexibility index (Phi) is 2.55. The maximum absolute atomic E-state index is 11.7. The van der Waals surface area contributed by atoms with Crippen molar-refractivity contribution < 1.29 is 0 Å². The van der Waals surface area contributed by atoms with E-state index in [2.05, 4.69) is 32.2 Å². The van der Waals surface area contributed by atoms with Gasteiger partial charge in [0.15, 0.2) is 11.2 Å². The number of rotatable bonds is 1. The highest BCUT2D eigenvalue weighted by atomic mass is 16.1. The highest BCUT2D eigenvalue weighted by Gasteiger charge is 2.23. The Balaban J connectivity index is 2.03. The topological polar surface area (TPSA) is 112 Å². The van der Waals surface area contributed by atoms with Gasteiger partial charge in [-0.2, -0.15) is 4.98 Å². The maximum atomic E-state index is 11.7. The quantitative estimate of drug-likeness (QED) is 0.571. The van der Waals surface area contributed by atoms with Crippen molar-refractivity contribution in [2.75, 3.05) is 12.3 Å². The minimum Gasteiger partial charge on any atom is -0.369 e. The molecule has 2 atom stereocenters. The molecule has 96 valence electrons. The lowest BCUT2D eigenvalue weighted by Gasteiger charge is -2.26. The van der Waals surface area contributed by atoms with E-state index in [0.29, 0.717) is 23.1 Å². The van der Waals surface area contributed by atoms with Gasteiger partial charge in [0.25, 0.3) is 5.56 Å². The third-order valence-corrected chi connectivity index (χ3v) is 3.41. The Labute approximate surface area is 103 Å². The summed E-state index contributed by atoms with van der Waals surface area (Å²) in [5.74, 6) is 1.28. The van der Waals surface area contributed by atoms with Gasteiger partial charge in [-0.1, -0.05) is 0 Å². The molecular formula is C11H16N6O. The van der Waals surface area contributed by atoms with Crippen LogP contribution in [-0.2, 0) is 0 Å². The summed E-state index contributed by atoms with van der Waals surface area (Å²) < 4.78 is 0. The second kappa shape index (κ2) is 4.09. The molecule has 0 bridgehead atoms. The van der Waals surface area contributed by atoms with Crippen LogP contribution in [0.3, 0.4) is 0 Å². The number of aromatic nitrogens is 4. The number of anilines is 1. The number of nitrogens with zero attached hydrogens (tertiary/aromatic N) is 2. The van der Waals surface area contributed by atoms with E-state index in [1.807, 2.05) is 0 Å². The van der Waals surface area contributed by atoms with Gasteiger partial charge in [0.05, 0.1) is 0 Å². The molecule has 0 saturated carbocycles. The monoisotopic (exact) mass is 248 g/mol. The average Bonchev–Trinajstić information content (AvgIpc) is 2.73. The van der Waals surface area contributed by atoms with E-state index in [-0.39, 0.29) is 11.5 Å². The summed E-state index contributed by atoms with van der Waals surface area (Å²) >= 11 is 0. The van der Waals surface area contributed by atoms with Gasteiger partial charge in [0, 0.05) is 12.0 Å². The number of H-pyrrole nitrogens is 2. The molecule has 7 heteroatoms.